The number of piperazine rings is 1. The molecule has 1 saturated heterocycles. The van der Waals surface area contributed by atoms with Gasteiger partial charge in [0.15, 0.2) is 0 Å². The first-order valence-corrected chi connectivity index (χ1v) is 9.83. The lowest BCUT2D eigenvalue weighted by atomic mass is 10.2. The summed E-state index contributed by atoms with van der Waals surface area (Å²) in [4.78, 5) is 28.4. The second-order valence-corrected chi connectivity index (χ2v) is 7.58. The van der Waals surface area contributed by atoms with Crippen LogP contribution in [0.15, 0.2) is 53.0 Å². The highest BCUT2D eigenvalue weighted by atomic mass is 79.9. The van der Waals surface area contributed by atoms with Gasteiger partial charge >= 0.3 is 0 Å². The number of nitrogens with zero attached hydrogens (tertiary/aromatic N) is 2. The zero-order chi connectivity index (χ0) is 19.9. The number of carbonyl (C=O) groups excluding carboxylic acids is 2. The molecule has 1 aliphatic heterocycles. The summed E-state index contributed by atoms with van der Waals surface area (Å²) in [6.07, 6.45) is 0. The summed E-state index contributed by atoms with van der Waals surface area (Å²) in [6.45, 7) is 3.46. The molecule has 148 valence electrons. The van der Waals surface area contributed by atoms with Crippen molar-refractivity contribution in [2.45, 2.75) is 0 Å². The summed E-state index contributed by atoms with van der Waals surface area (Å²) in [5.41, 5.74) is 1.35. The monoisotopic (exact) mass is 448 g/mol. The van der Waals surface area contributed by atoms with Gasteiger partial charge in [0, 0.05) is 42.0 Å². The molecule has 0 radical (unpaired) electrons. The standard InChI is InChI=1S/C20H22BrFN4O2/c21-15-1-5-17(6-2-15)23-19(27)13-25-9-11-26(12-10-25)14-20(28)24-18-7-3-16(22)4-8-18/h1-8H,9-14H2,(H,23,27)(H,24,28). The lowest BCUT2D eigenvalue weighted by molar-refractivity contribution is -0.120. The average molecular weight is 449 g/mol. The number of hydrogen-bond acceptors (Lipinski definition) is 4. The van der Waals surface area contributed by atoms with Crippen molar-refractivity contribution in [3.05, 3.63) is 58.8 Å². The highest BCUT2D eigenvalue weighted by molar-refractivity contribution is 9.10. The second kappa shape index (κ2) is 9.77. The van der Waals surface area contributed by atoms with Gasteiger partial charge in [-0.25, -0.2) is 4.39 Å². The van der Waals surface area contributed by atoms with Crippen LogP contribution in [-0.4, -0.2) is 60.9 Å². The van der Waals surface area contributed by atoms with Crippen LogP contribution in [0.5, 0.6) is 0 Å². The highest BCUT2D eigenvalue weighted by Crippen LogP contribution is 2.14. The van der Waals surface area contributed by atoms with E-state index >= 15 is 0 Å². The lowest BCUT2D eigenvalue weighted by Crippen LogP contribution is -2.50. The molecule has 0 unspecified atom stereocenters. The third kappa shape index (κ3) is 6.40. The lowest BCUT2D eigenvalue weighted by Gasteiger charge is -2.33. The van der Waals surface area contributed by atoms with Crippen molar-refractivity contribution in [3.63, 3.8) is 0 Å². The van der Waals surface area contributed by atoms with Gasteiger partial charge in [-0.3, -0.25) is 19.4 Å². The van der Waals surface area contributed by atoms with Crippen molar-refractivity contribution in [1.29, 1.82) is 0 Å². The Morgan fingerprint density at radius 3 is 1.61 bits per heavy atom. The first-order valence-electron chi connectivity index (χ1n) is 9.03. The minimum atomic E-state index is -0.335. The van der Waals surface area contributed by atoms with Gasteiger partial charge < -0.3 is 10.6 Å². The van der Waals surface area contributed by atoms with Gasteiger partial charge in [0.05, 0.1) is 13.1 Å². The van der Waals surface area contributed by atoms with Gasteiger partial charge in [-0.2, -0.15) is 0 Å². The maximum Gasteiger partial charge on any atom is 0.238 e. The molecular formula is C20H22BrFN4O2. The molecule has 0 aromatic heterocycles. The summed E-state index contributed by atoms with van der Waals surface area (Å²) in [7, 11) is 0. The van der Waals surface area contributed by atoms with Gasteiger partial charge in [-0.05, 0) is 48.5 Å². The van der Waals surface area contributed by atoms with Crippen LogP contribution in [0.1, 0.15) is 0 Å². The van der Waals surface area contributed by atoms with Gasteiger partial charge in [0.1, 0.15) is 5.82 Å². The van der Waals surface area contributed by atoms with E-state index in [1.165, 1.54) is 24.3 Å². The van der Waals surface area contributed by atoms with Crippen molar-refractivity contribution in [2.75, 3.05) is 49.9 Å². The van der Waals surface area contributed by atoms with Crippen LogP contribution in [0.25, 0.3) is 0 Å². The van der Waals surface area contributed by atoms with Crippen LogP contribution in [0.2, 0.25) is 0 Å². The van der Waals surface area contributed by atoms with Crippen molar-refractivity contribution < 1.29 is 14.0 Å². The summed E-state index contributed by atoms with van der Waals surface area (Å²) in [5.74, 6) is -0.517. The predicted molar refractivity (Wildman–Crippen MR) is 111 cm³/mol. The Kier molecular flexibility index (Phi) is 7.13. The fourth-order valence-electron chi connectivity index (χ4n) is 2.98. The van der Waals surface area contributed by atoms with E-state index in [0.29, 0.717) is 25.3 Å². The second-order valence-electron chi connectivity index (χ2n) is 6.66. The maximum atomic E-state index is 12.9. The number of rotatable bonds is 6. The number of benzene rings is 2. The topological polar surface area (TPSA) is 64.7 Å². The Morgan fingerprint density at radius 1 is 0.786 bits per heavy atom. The molecule has 0 bridgehead atoms. The first kappa shape index (κ1) is 20.4. The molecule has 2 aromatic carbocycles. The van der Waals surface area contributed by atoms with E-state index in [-0.39, 0.29) is 24.2 Å². The Labute approximate surface area is 171 Å². The normalized spacial score (nSPS) is 15.2. The Morgan fingerprint density at radius 2 is 1.18 bits per heavy atom. The Hall–Kier alpha value is -2.29. The molecule has 1 fully saturated rings. The van der Waals surface area contributed by atoms with Crippen LogP contribution < -0.4 is 10.6 Å². The zero-order valence-corrected chi connectivity index (χ0v) is 16.9. The maximum absolute atomic E-state index is 12.9. The molecule has 0 spiro atoms. The third-order valence-corrected chi connectivity index (χ3v) is 4.98. The molecule has 1 aliphatic rings. The van der Waals surface area contributed by atoms with E-state index in [1.54, 1.807) is 0 Å². The largest absolute Gasteiger partial charge is 0.325 e. The van der Waals surface area contributed by atoms with Crippen LogP contribution >= 0.6 is 15.9 Å². The number of hydrogen-bond donors (Lipinski definition) is 2. The van der Waals surface area contributed by atoms with Crippen LogP contribution in [0.3, 0.4) is 0 Å². The Bertz CT molecular complexity index is 736. The van der Waals surface area contributed by atoms with Crippen LogP contribution in [-0.2, 0) is 9.59 Å². The van der Waals surface area contributed by atoms with Gasteiger partial charge in [-0.15, -0.1) is 0 Å². The van der Waals surface area contributed by atoms with Crippen LogP contribution in [0, 0.1) is 5.82 Å². The molecule has 1 heterocycles. The van der Waals surface area contributed by atoms with Crippen LogP contribution in [0.4, 0.5) is 15.8 Å². The van der Waals surface area contributed by atoms with Gasteiger partial charge in [0.2, 0.25) is 11.8 Å². The molecule has 6 nitrogen and oxygen atoms in total. The van der Waals surface area contributed by atoms with Crippen molar-refractivity contribution in [2.24, 2.45) is 0 Å². The number of anilines is 2. The van der Waals surface area contributed by atoms with Crippen molar-refractivity contribution >= 4 is 39.1 Å². The van der Waals surface area contributed by atoms with Crippen molar-refractivity contribution in [1.82, 2.24) is 9.80 Å². The SMILES string of the molecule is O=C(CN1CCN(CC(=O)Nc2ccc(Br)cc2)CC1)Nc1ccc(F)cc1. The zero-order valence-electron chi connectivity index (χ0n) is 15.3. The molecule has 0 atom stereocenters. The molecule has 2 aromatic rings. The van der Waals surface area contributed by atoms with E-state index in [0.717, 1.165) is 23.2 Å². The molecule has 0 aliphatic carbocycles. The summed E-state index contributed by atoms with van der Waals surface area (Å²) in [5, 5.41) is 5.65. The van der Waals surface area contributed by atoms with E-state index < -0.39 is 0 Å². The minimum Gasteiger partial charge on any atom is -0.325 e. The number of carbonyl (C=O) groups is 2. The molecule has 3 rings (SSSR count). The smallest absolute Gasteiger partial charge is 0.238 e. The predicted octanol–water partition coefficient (Wildman–Crippen LogP) is 2.78. The quantitative estimate of drug-likeness (QED) is 0.712. The number of amides is 2. The Balaban J connectivity index is 1.37. The average Bonchev–Trinajstić information content (AvgIpc) is 2.67. The number of nitrogens with one attached hydrogen (secondary N) is 2. The van der Waals surface area contributed by atoms with E-state index in [1.807, 2.05) is 29.2 Å². The fraction of sp³-hybridized carbons (Fsp3) is 0.300. The molecule has 0 saturated carbocycles. The molecule has 2 amide bonds. The third-order valence-electron chi connectivity index (χ3n) is 4.46. The van der Waals surface area contributed by atoms with Gasteiger partial charge in [-0.1, -0.05) is 15.9 Å². The molecule has 2 N–H and O–H groups in total. The molecule has 8 heteroatoms. The van der Waals surface area contributed by atoms with Gasteiger partial charge in [0.25, 0.3) is 0 Å². The summed E-state index contributed by atoms with van der Waals surface area (Å²) >= 11 is 3.37. The van der Waals surface area contributed by atoms with E-state index in [4.69, 9.17) is 0 Å². The van der Waals surface area contributed by atoms with Crippen molar-refractivity contribution in [3.8, 4) is 0 Å². The molecule has 28 heavy (non-hydrogen) atoms. The first-order chi connectivity index (χ1) is 13.5. The van der Waals surface area contributed by atoms with E-state index in [2.05, 4.69) is 31.5 Å². The summed E-state index contributed by atoms with van der Waals surface area (Å²) < 4.78 is 13.9. The van der Waals surface area contributed by atoms with E-state index in [9.17, 15) is 14.0 Å². The minimum absolute atomic E-state index is 0.0511. The fourth-order valence-corrected chi connectivity index (χ4v) is 3.24. The number of halogens is 2. The highest BCUT2D eigenvalue weighted by Gasteiger charge is 2.20. The summed E-state index contributed by atoms with van der Waals surface area (Å²) in [6, 6.07) is 13.2. The molecular weight excluding hydrogens is 427 g/mol.